The number of amides is 1. The van der Waals surface area contributed by atoms with Gasteiger partial charge in [-0.05, 0) is 5.56 Å². The minimum atomic E-state index is -0.316. The Balaban J connectivity index is 2.44. The second kappa shape index (κ2) is 4.30. The van der Waals surface area contributed by atoms with Gasteiger partial charge >= 0.3 is 0 Å². The number of nitrogens with two attached hydrogens (primary N) is 1. The van der Waals surface area contributed by atoms with Crippen LogP contribution in [-0.2, 0) is 11.3 Å². The molecule has 0 aliphatic heterocycles. The van der Waals surface area contributed by atoms with Crippen LogP contribution in [0.3, 0.4) is 0 Å². The van der Waals surface area contributed by atoms with E-state index in [1.54, 1.807) is 0 Å². The molecule has 68 valence electrons. The predicted molar refractivity (Wildman–Crippen MR) is 51.6 cm³/mol. The third kappa shape index (κ3) is 2.99. The Morgan fingerprint density at radius 1 is 1.38 bits per heavy atom. The molecule has 1 amide bonds. The Bertz CT molecular complexity index is 306. The molecule has 0 saturated heterocycles. The summed E-state index contributed by atoms with van der Waals surface area (Å²) in [6.45, 7) is 3.82. The standard InChI is InChI=1S/C10H12N2O/c1-8(11)10(13)12-7-9-5-3-2-4-6-9/h2-6H,1,7,11H2,(H,12,13). The number of hydrogen-bond acceptors (Lipinski definition) is 2. The van der Waals surface area contributed by atoms with Crippen LogP contribution in [0, 0.1) is 0 Å². The summed E-state index contributed by atoms with van der Waals surface area (Å²) in [6, 6.07) is 9.61. The molecule has 0 radical (unpaired) electrons. The predicted octanol–water partition coefficient (Wildman–Crippen LogP) is 0.775. The molecule has 1 aromatic carbocycles. The molecular weight excluding hydrogens is 164 g/mol. The molecule has 0 fully saturated rings. The van der Waals surface area contributed by atoms with Crippen LogP contribution in [0.25, 0.3) is 0 Å². The highest BCUT2D eigenvalue weighted by Crippen LogP contribution is 1.97. The van der Waals surface area contributed by atoms with Gasteiger partial charge in [0.05, 0.1) is 5.70 Å². The van der Waals surface area contributed by atoms with E-state index in [0.717, 1.165) is 5.56 Å². The topological polar surface area (TPSA) is 55.1 Å². The lowest BCUT2D eigenvalue weighted by molar-refractivity contribution is -0.117. The summed E-state index contributed by atoms with van der Waals surface area (Å²) in [4.78, 5) is 11.0. The highest BCUT2D eigenvalue weighted by molar-refractivity contribution is 5.91. The highest BCUT2D eigenvalue weighted by atomic mass is 16.1. The van der Waals surface area contributed by atoms with Crippen molar-refractivity contribution >= 4 is 5.91 Å². The first kappa shape index (κ1) is 9.32. The van der Waals surface area contributed by atoms with E-state index in [4.69, 9.17) is 5.73 Å². The average molecular weight is 176 g/mol. The van der Waals surface area contributed by atoms with Crippen molar-refractivity contribution in [2.75, 3.05) is 0 Å². The molecule has 0 aliphatic carbocycles. The molecule has 3 nitrogen and oxygen atoms in total. The van der Waals surface area contributed by atoms with Crippen LogP contribution in [0.1, 0.15) is 5.56 Å². The van der Waals surface area contributed by atoms with Gasteiger partial charge in [-0.25, -0.2) is 0 Å². The molecule has 1 aromatic rings. The van der Waals surface area contributed by atoms with E-state index in [-0.39, 0.29) is 11.6 Å². The molecule has 13 heavy (non-hydrogen) atoms. The third-order valence-corrected chi connectivity index (χ3v) is 1.59. The lowest BCUT2D eigenvalue weighted by Crippen LogP contribution is -2.27. The van der Waals surface area contributed by atoms with Crippen LogP contribution in [-0.4, -0.2) is 5.91 Å². The maximum absolute atomic E-state index is 11.0. The lowest BCUT2D eigenvalue weighted by atomic mass is 10.2. The van der Waals surface area contributed by atoms with Crippen molar-refractivity contribution in [1.29, 1.82) is 0 Å². The van der Waals surface area contributed by atoms with Crippen LogP contribution >= 0.6 is 0 Å². The summed E-state index contributed by atoms with van der Waals surface area (Å²) < 4.78 is 0. The van der Waals surface area contributed by atoms with Gasteiger partial charge in [-0.3, -0.25) is 4.79 Å². The summed E-state index contributed by atoms with van der Waals surface area (Å²) in [5.74, 6) is -0.316. The number of carbonyl (C=O) groups excluding carboxylic acids is 1. The van der Waals surface area contributed by atoms with E-state index in [1.807, 2.05) is 30.3 Å². The second-order valence-corrected chi connectivity index (χ2v) is 2.69. The van der Waals surface area contributed by atoms with Crippen molar-refractivity contribution in [2.24, 2.45) is 5.73 Å². The third-order valence-electron chi connectivity index (χ3n) is 1.59. The van der Waals surface area contributed by atoms with Crippen LogP contribution in [0.15, 0.2) is 42.6 Å². The molecule has 0 bridgehead atoms. The molecule has 0 spiro atoms. The summed E-state index contributed by atoms with van der Waals surface area (Å²) in [7, 11) is 0. The first-order valence-electron chi connectivity index (χ1n) is 3.96. The molecule has 0 saturated carbocycles. The summed E-state index contributed by atoms with van der Waals surface area (Å²) >= 11 is 0. The number of hydrogen-bond donors (Lipinski definition) is 2. The molecule has 3 N–H and O–H groups in total. The van der Waals surface area contributed by atoms with E-state index >= 15 is 0 Å². The van der Waals surface area contributed by atoms with Crippen LogP contribution < -0.4 is 11.1 Å². The van der Waals surface area contributed by atoms with Crippen molar-refractivity contribution in [3.05, 3.63) is 48.2 Å². The van der Waals surface area contributed by atoms with Crippen molar-refractivity contribution in [2.45, 2.75) is 6.54 Å². The first-order valence-corrected chi connectivity index (χ1v) is 3.96. The fourth-order valence-corrected chi connectivity index (χ4v) is 0.892. The first-order chi connectivity index (χ1) is 6.20. The molecule has 0 atom stereocenters. The SMILES string of the molecule is C=C(N)C(=O)NCc1ccccc1. The molecule has 3 heteroatoms. The molecule has 1 rings (SSSR count). The lowest BCUT2D eigenvalue weighted by Gasteiger charge is -2.03. The quantitative estimate of drug-likeness (QED) is 0.668. The molecule has 0 heterocycles. The second-order valence-electron chi connectivity index (χ2n) is 2.69. The van der Waals surface area contributed by atoms with E-state index in [1.165, 1.54) is 0 Å². The van der Waals surface area contributed by atoms with Crippen LogP contribution in [0.2, 0.25) is 0 Å². The normalized spacial score (nSPS) is 9.23. The number of carbonyl (C=O) groups is 1. The van der Waals surface area contributed by atoms with Gasteiger partial charge in [-0.15, -0.1) is 0 Å². The van der Waals surface area contributed by atoms with E-state index in [2.05, 4.69) is 11.9 Å². The monoisotopic (exact) mass is 176 g/mol. The smallest absolute Gasteiger partial charge is 0.266 e. The van der Waals surface area contributed by atoms with Crippen LogP contribution in [0.4, 0.5) is 0 Å². The fourth-order valence-electron chi connectivity index (χ4n) is 0.892. The zero-order valence-electron chi connectivity index (χ0n) is 7.29. The zero-order chi connectivity index (χ0) is 9.68. The maximum atomic E-state index is 11.0. The Labute approximate surface area is 77.3 Å². The van der Waals surface area contributed by atoms with E-state index < -0.39 is 0 Å². The summed E-state index contributed by atoms with van der Waals surface area (Å²) in [5, 5.41) is 2.63. The van der Waals surface area contributed by atoms with Gasteiger partial charge in [-0.2, -0.15) is 0 Å². The van der Waals surface area contributed by atoms with Gasteiger partial charge in [0.2, 0.25) is 0 Å². The van der Waals surface area contributed by atoms with Gasteiger partial charge in [0.1, 0.15) is 0 Å². The summed E-state index contributed by atoms with van der Waals surface area (Å²) in [6.07, 6.45) is 0. The average Bonchev–Trinajstić information content (AvgIpc) is 2.15. The van der Waals surface area contributed by atoms with Crippen molar-refractivity contribution < 1.29 is 4.79 Å². The van der Waals surface area contributed by atoms with Gasteiger partial charge in [0.15, 0.2) is 0 Å². The number of benzene rings is 1. The van der Waals surface area contributed by atoms with E-state index in [9.17, 15) is 4.79 Å². The molecule has 0 aromatic heterocycles. The number of rotatable bonds is 3. The maximum Gasteiger partial charge on any atom is 0.266 e. The molecular formula is C10H12N2O. The van der Waals surface area contributed by atoms with Gasteiger partial charge in [0, 0.05) is 6.54 Å². The molecule has 0 unspecified atom stereocenters. The Morgan fingerprint density at radius 2 is 2.00 bits per heavy atom. The zero-order valence-corrected chi connectivity index (χ0v) is 7.29. The van der Waals surface area contributed by atoms with Gasteiger partial charge in [-0.1, -0.05) is 36.9 Å². The minimum Gasteiger partial charge on any atom is -0.395 e. The summed E-state index contributed by atoms with van der Waals surface area (Å²) in [5.41, 5.74) is 6.27. The van der Waals surface area contributed by atoms with Crippen molar-refractivity contribution in [3.63, 3.8) is 0 Å². The molecule has 0 aliphatic rings. The van der Waals surface area contributed by atoms with Crippen molar-refractivity contribution in [3.8, 4) is 0 Å². The van der Waals surface area contributed by atoms with Gasteiger partial charge < -0.3 is 11.1 Å². The minimum absolute atomic E-state index is 0.0379. The highest BCUT2D eigenvalue weighted by Gasteiger charge is 2.00. The number of nitrogens with one attached hydrogen (secondary N) is 1. The van der Waals surface area contributed by atoms with Crippen molar-refractivity contribution in [1.82, 2.24) is 5.32 Å². The van der Waals surface area contributed by atoms with Gasteiger partial charge in [0.25, 0.3) is 5.91 Å². The Hall–Kier alpha value is -1.77. The Kier molecular flexibility index (Phi) is 3.09. The van der Waals surface area contributed by atoms with E-state index in [0.29, 0.717) is 6.54 Å². The fraction of sp³-hybridized carbons (Fsp3) is 0.100. The van der Waals surface area contributed by atoms with Crippen LogP contribution in [0.5, 0.6) is 0 Å². The Morgan fingerprint density at radius 3 is 2.54 bits per heavy atom. The largest absolute Gasteiger partial charge is 0.395 e.